The first-order valence-electron chi connectivity index (χ1n) is 4.49. The number of hydrogen-bond donors (Lipinski definition) is 2. The molecular weight excluding hydrogens is 246 g/mol. The summed E-state index contributed by atoms with van der Waals surface area (Å²) >= 11 is 3.45. The van der Waals surface area contributed by atoms with Gasteiger partial charge in [0.05, 0.1) is 19.3 Å². The molecule has 0 amide bonds. The third kappa shape index (κ3) is 2.05. The summed E-state index contributed by atoms with van der Waals surface area (Å²) in [6.07, 6.45) is 1.72. The monoisotopic (exact) mass is 257 g/mol. The first kappa shape index (κ1) is 9.89. The zero-order valence-corrected chi connectivity index (χ0v) is 9.25. The van der Waals surface area contributed by atoms with Crippen molar-refractivity contribution < 1.29 is 4.74 Å². The van der Waals surface area contributed by atoms with E-state index in [1.54, 1.807) is 6.20 Å². The normalized spacial score (nSPS) is 22.2. The van der Waals surface area contributed by atoms with Gasteiger partial charge in [-0.15, -0.1) is 0 Å². The molecule has 1 aliphatic heterocycles. The minimum atomic E-state index is 0.212. The molecular formula is C9H12BrN3O. The molecule has 4 nitrogen and oxygen atoms in total. The van der Waals surface area contributed by atoms with Crippen molar-refractivity contribution in [1.82, 2.24) is 10.3 Å². The zero-order valence-electron chi connectivity index (χ0n) is 7.66. The van der Waals surface area contributed by atoms with Crippen molar-refractivity contribution in [2.75, 3.05) is 25.5 Å². The van der Waals surface area contributed by atoms with Gasteiger partial charge in [-0.2, -0.15) is 0 Å². The van der Waals surface area contributed by atoms with Crippen LogP contribution in [0.3, 0.4) is 0 Å². The Morgan fingerprint density at radius 1 is 1.64 bits per heavy atom. The van der Waals surface area contributed by atoms with E-state index >= 15 is 0 Å². The van der Waals surface area contributed by atoms with E-state index in [1.165, 1.54) is 0 Å². The van der Waals surface area contributed by atoms with Crippen LogP contribution in [0, 0.1) is 0 Å². The predicted octanol–water partition coefficient (Wildman–Crippen LogP) is 1.09. The molecule has 3 N–H and O–H groups in total. The third-order valence-corrected chi connectivity index (χ3v) is 2.87. The number of pyridine rings is 1. The largest absolute Gasteiger partial charge is 0.384 e. The first-order chi connectivity index (χ1) is 6.77. The van der Waals surface area contributed by atoms with Crippen LogP contribution >= 0.6 is 15.9 Å². The van der Waals surface area contributed by atoms with Crippen molar-refractivity contribution in [3.05, 3.63) is 22.3 Å². The van der Waals surface area contributed by atoms with E-state index in [4.69, 9.17) is 10.5 Å². The van der Waals surface area contributed by atoms with E-state index in [0.717, 1.165) is 23.2 Å². The highest BCUT2D eigenvalue weighted by Gasteiger charge is 2.17. The van der Waals surface area contributed by atoms with E-state index in [2.05, 4.69) is 26.2 Å². The Hall–Kier alpha value is -0.650. The molecule has 76 valence electrons. The maximum Gasteiger partial charge on any atom is 0.123 e. The molecule has 0 radical (unpaired) electrons. The summed E-state index contributed by atoms with van der Waals surface area (Å²) in [5.74, 6) is 0.538. The first-order valence-corrected chi connectivity index (χ1v) is 5.28. The van der Waals surface area contributed by atoms with Gasteiger partial charge in [0.2, 0.25) is 0 Å². The molecule has 0 unspecified atom stereocenters. The second-order valence-electron chi connectivity index (χ2n) is 3.21. The Morgan fingerprint density at radius 3 is 3.21 bits per heavy atom. The number of rotatable bonds is 1. The molecule has 0 spiro atoms. The highest BCUT2D eigenvalue weighted by Crippen LogP contribution is 2.25. The van der Waals surface area contributed by atoms with E-state index in [1.807, 2.05) is 6.07 Å². The number of anilines is 1. The number of nitrogen functional groups attached to an aromatic ring is 1. The third-order valence-electron chi connectivity index (χ3n) is 2.20. The van der Waals surface area contributed by atoms with Crippen LogP contribution in [0.1, 0.15) is 11.6 Å². The highest BCUT2D eigenvalue weighted by atomic mass is 79.9. The van der Waals surface area contributed by atoms with Gasteiger partial charge in [-0.3, -0.25) is 0 Å². The van der Waals surface area contributed by atoms with Crippen LogP contribution in [-0.2, 0) is 4.74 Å². The van der Waals surface area contributed by atoms with Gasteiger partial charge in [0.15, 0.2) is 0 Å². The van der Waals surface area contributed by atoms with Crippen LogP contribution in [-0.4, -0.2) is 24.7 Å². The van der Waals surface area contributed by atoms with E-state index in [9.17, 15) is 0 Å². The SMILES string of the molecule is Nc1cc([C@@H]2COCCN2)c(Br)cn1. The summed E-state index contributed by atoms with van der Waals surface area (Å²) in [7, 11) is 0. The second kappa shape index (κ2) is 4.25. The van der Waals surface area contributed by atoms with Gasteiger partial charge in [0.1, 0.15) is 5.82 Å². The number of nitrogens with zero attached hydrogens (tertiary/aromatic N) is 1. The van der Waals surface area contributed by atoms with Crippen molar-refractivity contribution in [3.8, 4) is 0 Å². The predicted molar refractivity (Wildman–Crippen MR) is 57.9 cm³/mol. The number of ether oxygens (including phenoxy) is 1. The van der Waals surface area contributed by atoms with E-state index < -0.39 is 0 Å². The van der Waals surface area contributed by atoms with Crippen LogP contribution in [0.5, 0.6) is 0 Å². The lowest BCUT2D eigenvalue weighted by atomic mass is 10.1. The van der Waals surface area contributed by atoms with Crippen LogP contribution < -0.4 is 11.1 Å². The van der Waals surface area contributed by atoms with Crippen molar-refractivity contribution in [2.24, 2.45) is 0 Å². The van der Waals surface area contributed by atoms with Gasteiger partial charge >= 0.3 is 0 Å². The second-order valence-corrected chi connectivity index (χ2v) is 4.07. The Labute approximate surface area is 91.0 Å². The van der Waals surface area contributed by atoms with Gasteiger partial charge in [-0.25, -0.2) is 4.98 Å². The fourth-order valence-corrected chi connectivity index (χ4v) is 2.00. The number of aromatic nitrogens is 1. The fourth-order valence-electron chi connectivity index (χ4n) is 1.50. The summed E-state index contributed by atoms with van der Waals surface area (Å²) in [6, 6.07) is 2.08. The van der Waals surface area contributed by atoms with Gasteiger partial charge in [0, 0.05) is 17.2 Å². The van der Waals surface area contributed by atoms with Crippen LogP contribution in [0.15, 0.2) is 16.7 Å². The fraction of sp³-hybridized carbons (Fsp3) is 0.444. The lowest BCUT2D eigenvalue weighted by Crippen LogP contribution is -2.34. The molecule has 0 bridgehead atoms. The average molecular weight is 258 g/mol. The maximum absolute atomic E-state index is 5.63. The smallest absolute Gasteiger partial charge is 0.123 e. The van der Waals surface area contributed by atoms with Gasteiger partial charge in [0.25, 0.3) is 0 Å². The summed E-state index contributed by atoms with van der Waals surface area (Å²) < 4.78 is 6.35. The van der Waals surface area contributed by atoms with Crippen LogP contribution in [0.4, 0.5) is 5.82 Å². The Bertz CT molecular complexity index is 326. The quantitative estimate of drug-likeness (QED) is 0.791. The molecule has 1 aliphatic rings. The number of nitrogens with two attached hydrogens (primary N) is 1. The molecule has 1 aromatic rings. The molecule has 0 aliphatic carbocycles. The Kier molecular flexibility index (Phi) is 3.00. The molecule has 14 heavy (non-hydrogen) atoms. The number of morpholine rings is 1. The molecule has 1 atom stereocenters. The minimum Gasteiger partial charge on any atom is -0.384 e. The van der Waals surface area contributed by atoms with Crippen molar-refractivity contribution in [3.63, 3.8) is 0 Å². The number of halogens is 1. The van der Waals surface area contributed by atoms with Gasteiger partial charge in [-0.1, -0.05) is 0 Å². The van der Waals surface area contributed by atoms with Gasteiger partial charge < -0.3 is 15.8 Å². The number of hydrogen-bond acceptors (Lipinski definition) is 4. The van der Waals surface area contributed by atoms with Crippen molar-refractivity contribution >= 4 is 21.7 Å². The molecule has 1 saturated heterocycles. The standard InChI is InChI=1S/C9H12BrN3O/c10-7-4-13-9(11)3-6(7)8-5-14-2-1-12-8/h3-4,8,12H,1-2,5H2,(H2,11,13)/t8-/m0/s1. The summed E-state index contributed by atoms with van der Waals surface area (Å²) in [4.78, 5) is 4.00. The van der Waals surface area contributed by atoms with Crippen LogP contribution in [0.2, 0.25) is 0 Å². The zero-order chi connectivity index (χ0) is 9.97. The lowest BCUT2D eigenvalue weighted by Gasteiger charge is -2.24. The van der Waals surface area contributed by atoms with Crippen molar-refractivity contribution in [2.45, 2.75) is 6.04 Å². The average Bonchev–Trinajstić information content (AvgIpc) is 2.23. The van der Waals surface area contributed by atoms with E-state index in [0.29, 0.717) is 12.4 Å². The summed E-state index contributed by atoms with van der Waals surface area (Å²) in [5.41, 5.74) is 6.74. The molecule has 5 heteroatoms. The molecule has 0 aromatic carbocycles. The maximum atomic E-state index is 5.63. The molecule has 0 saturated carbocycles. The molecule has 1 aromatic heterocycles. The molecule has 2 heterocycles. The lowest BCUT2D eigenvalue weighted by molar-refractivity contribution is 0.0767. The van der Waals surface area contributed by atoms with E-state index in [-0.39, 0.29) is 6.04 Å². The Balaban J connectivity index is 2.24. The minimum absolute atomic E-state index is 0.212. The van der Waals surface area contributed by atoms with Crippen LogP contribution in [0.25, 0.3) is 0 Å². The summed E-state index contributed by atoms with van der Waals surface area (Å²) in [5, 5.41) is 3.37. The Morgan fingerprint density at radius 2 is 2.50 bits per heavy atom. The topological polar surface area (TPSA) is 60.2 Å². The number of nitrogens with one attached hydrogen (secondary N) is 1. The highest BCUT2D eigenvalue weighted by molar-refractivity contribution is 9.10. The van der Waals surface area contributed by atoms with Crippen molar-refractivity contribution in [1.29, 1.82) is 0 Å². The molecule has 2 rings (SSSR count). The van der Waals surface area contributed by atoms with Gasteiger partial charge in [-0.05, 0) is 27.6 Å². The summed E-state index contributed by atoms with van der Waals surface area (Å²) in [6.45, 7) is 2.33. The molecule has 1 fully saturated rings.